The molecule has 1 N–H and O–H groups in total. The van der Waals surface area contributed by atoms with Gasteiger partial charge in [0.1, 0.15) is 5.82 Å². The van der Waals surface area contributed by atoms with Gasteiger partial charge in [0.2, 0.25) is 5.91 Å². The number of rotatable bonds is 7. The van der Waals surface area contributed by atoms with Crippen LogP contribution in [0.4, 0.5) is 0 Å². The minimum atomic E-state index is -0.248. The van der Waals surface area contributed by atoms with Crippen molar-refractivity contribution in [1.82, 2.24) is 19.7 Å². The summed E-state index contributed by atoms with van der Waals surface area (Å²) in [5.41, 5.74) is 3.11. The minimum Gasteiger partial charge on any atom is -0.355 e. The van der Waals surface area contributed by atoms with E-state index in [1.807, 2.05) is 79.3 Å². The van der Waals surface area contributed by atoms with Gasteiger partial charge in [0.25, 0.3) is 0 Å². The molecule has 0 fully saturated rings. The molecule has 140 valence electrons. The predicted molar refractivity (Wildman–Crippen MR) is 109 cm³/mol. The second kappa shape index (κ2) is 8.48. The Morgan fingerprint density at radius 2 is 1.86 bits per heavy atom. The minimum absolute atomic E-state index is 0.0240. The summed E-state index contributed by atoms with van der Waals surface area (Å²) < 4.78 is 2.05. The molecule has 0 aliphatic carbocycles. The number of pyridine rings is 2. The summed E-state index contributed by atoms with van der Waals surface area (Å²) in [6, 6.07) is 19.8. The molecule has 5 heteroatoms. The highest BCUT2D eigenvalue weighted by atomic mass is 16.1. The van der Waals surface area contributed by atoms with Crippen molar-refractivity contribution in [3.63, 3.8) is 0 Å². The predicted octanol–water partition coefficient (Wildman–Crippen LogP) is 3.41. The molecule has 0 aliphatic rings. The number of benzene rings is 1. The average Bonchev–Trinajstić information content (AvgIpc) is 3.16. The Hall–Kier alpha value is -3.47. The highest BCUT2D eigenvalue weighted by molar-refractivity contribution is 5.84. The number of carbonyl (C=O) groups is 1. The molecule has 0 saturated carbocycles. The summed E-state index contributed by atoms with van der Waals surface area (Å²) in [6.07, 6.45) is 8.71. The first-order valence-corrected chi connectivity index (χ1v) is 9.44. The van der Waals surface area contributed by atoms with Gasteiger partial charge in [-0.2, -0.15) is 0 Å². The Labute approximate surface area is 164 Å². The number of aromatic nitrogens is 3. The summed E-state index contributed by atoms with van der Waals surface area (Å²) in [5.74, 6) is 0.720. The van der Waals surface area contributed by atoms with E-state index in [4.69, 9.17) is 0 Å². The van der Waals surface area contributed by atoms with Crippen LogP contribution in [0, 0.1) is 0 Å². The van der Waals surface area contributed by atoms with Crippen LogP contribution in [0.25, 0.3) is 5.52 Å². The third-order valence-electron chi connectivity index (χ3n) is 4.84. The van der Waals surface area contributed by atoms with Crippen LogP contribution in [0.1, 0.15) is 22.9 Å². The zero-order valence-electron chi connectivity index (χ0n) is 15.5. The molecule has 1 amide bonds. The highest BCUT2D eigenvalue weighted by Crippen LogP contribution is 2.21. The largest absolute Gasteiger partial charge is 0.355 e. The summed E-state index contributed by atoms with van der Waals surface area (Å²) in [5, 5.41) is 3.09. The molecule has 0 spiro atoms. The second-order valence-corrected chi connectivity index (χ2v) is 6.74. The summed E-state index contributed by atoms with van der Waals surface area (Å²) in [4.78, 5) is 21.6. The Morgan fingerprint density at radius 1 is 1.00 bits per heavy atom. The fourth-order valence-corrected chi connectivity index (χ4v) is 3.41. The van der Waals surface area contributed by atoms with Gasteiger partial charge in [-0.3, -0.25) is 9.78 Å². The van der Waals surface area contributed by atoms with E-state index in [-0.39, 0.29) is 11.8 Å². The molecule has 3 aromatic heterocycles. The van der Waals surface area contributed by atoms with Crippen molar-refractivity contribution in [2.75, 3.05) is 6.54 Å². The highest BCUT2D eigenvalue weighted by Gasteiger charge is 2.21. The first-order chi connectivity index (χ1) is 13.8. The van der Waals surface area contributed by atoms with E-state index in [1.165, 1.54) is 0 Å². The zero-order chi connectivity index (χ0) is 19.2. The zero-order valence-corrected chi connectivity index (χ0v) is 15.5. The fourth-order valence-electron chi connectivity index (χ4n) is 3.41. The lowest BCUT2D eigenvalue weighted by Crippen LogP contribution is -2.32. The smallest absolute Gasteiger partial charge is 0.227 e. The molecule has 1 atom stereocenters. The Balaban J connectivity index is 1.45. The first kappa shape index (κ1) is 17.9. The Bertz CT molecular complexity index is 1040. The van der Waals surface area contributed by atoms with Crippen molar-refractivity contribution in [1.29, 1.82) is 0 Å². The van der Waals surface area contributed by atoms with Crippen LogP contribution in [-0.4, -0.2) is 26.8 Å². The van der Waals surface area contributed by atoms with Gasteiger partial charge in [0.05, 0.1) is 17.6 Å². The van der Waals surface area contributed by atoms with Crippen molar-refractivity contribution in [2.24, 2.45) is 0 Å². The number of nitrogens with one attached hydrogen (secondary N) is 1. The third kappa shape index (κ3) is 4.09. The molecule has 0 radical (unpaired) electrons. The van der Waals surface area contributed by atoms with Crippen LogP contribution in [0.5, 0.6) is 0 Å². The van der Waals surface area contributed by atoms with Crippen molar-refractivity contribution in [2.45, 2.75) is 18.8 Å². The molecule has 5 nitrogen and oxygen atoms in total. The lowest BCUT2D eigenvalue weighted by atomic mass is 9.92. The van der Waals surface area contributed by atoms with Gasteiger partial charge < -0.3 is 9.72 Å². The summed E-state index contributed by atoms with van der Waals surface area (Å²) in [6.45, 7) is 0.545. The molecule has 4 rings (SSSR count). The summed E-state index contributed by atoms with van der Waals surface area (Å²) in [7, 11) is 0. The number of fused-ring (bicyclic) bond motifs is 1. The molecule has 4 aromatic rings. The monoisotopic (exact) mass is 370 g/mol. The molecule has 1 aromatic carbocycles. The maximum absolute atomic E-state index is 13.0. The second-order valence-electron chi connectivity index (χ2n) is 6.74. The summed E-state index contributed by atoms with van der Waals surface area (Å²) >= 11 is 0. The van der Waals surface area contributed by atoms with E-state index in [2.05, 4.69) is 19.7 Å². The molecule has 0 aliphatic heterocycles. The van der Waals surface area contributed by atoms with E-state index < -0.39 is 0 Å². The normalized spacial score (nSPS) is 12.0. The molecule has 0 bridgehead atoms. The van der Waals surface area contributed by atoms with Crippen molar-refractivity contribution >= 4 is 11.4 Å². The molecular formula is C23H22N4O. The molecule has 1 unspecified atom stereocenters. The maximum Gasteiger partial charge on any atom is 0.227 e. The van der Waals surface area contributed by atoms with E-state index in [9.17, 15) is 4.79 Å². The van der Waals surface area contributed by atoms with Crippen LogP contribution in [0.2, 0.25) is 0 Å². The van der Waals surface area contributed by atoms with E-state index >= 15 is 0 Å². The van der Waals surface area contributed by atoms with Gasteiger partial charge in [-0.1, -0.05) is 42.5 Å². The number of imidazole rings is 1. The van der Waals surface area contributed by atoms with Gasteiger partial charge >= 0.3 is 0 Å². The molecule has 3 heterocycles. The van der Waals surface area contributed by atoms with E-state index in [1.54, 1.807) is 6.20 Å². The van der Waals surface area contributed by atoms with Gasteiger partial charge in [0.15, 0.2) is 0 Å². The number of hydrogen-bond acceptors (Lipinski definition) is 3. The quantitative estimate of drug-likeness (QED) is 0.542. The van der Waals surface area contributed by atoms with Crippen LogP contribution in [0.15, 0.2) is 85.5 Å². The van der Waals surface area contributed by atoms with Gasteiger partial charge in [0, 0.05) is 31.6 Å². The Kier molecular flexibility index (Phi) is 5.43. The average molecular weight is 370 g/mol. The third-order valence-corrected chi connectivity index (χ3v) is 4.84. The number of amides is 1. The maximum atomic E-state index is 13.0. The lowest BCUT2D eigenvalue weighted by molar-refractivity contribution is -0.122. The van der Waals surface area contributed by atoms with Crippen molar-refractivity contribution < 1.29 is 4.79 Å². The number of carbonyl (C=O) groups excluding carboxylic acids is 1. The fraction of sp³-hybridized carbons (Fsp3) is 0.174. The number of nitrogens with zero attached hydrogens (tertiary/aromatic N) is 3. The van der Waals surface area contributed by atoms with Crippen molar-refractivity contribution in [3.05, 3.63) is 102 Å². The topological polar surface area (TPSA) is 59.3 Å². The van der Waals surface area contributed by atoms with E-state index in [0.717, 1.165) is 22.5 Å². The van der Waals surface area contributed by atoms with Gasteiger partial charge in [-0.05, 0) is 35.7 Å². The first-order valence-electron chi connectivity index (χ1n) is 9.44. The number of hydrogen-bond donors (Lipinski definition) is 1. The van der Waals surface area contributed by atoms with Crippen molar-refractivity contribution in [3.8, 4) is 0 Å². The van der Waals surface area contributed by atoms with Crippen LogP contribution < -0.4 is 5.32 Å². The lowest BCUT2D eigenvalue weighted by Gasteiger charge is -2.17. The van der Waals surface area contributed by atoms with Crippen LogP contribution >= 0.6 is 0 Å². The van der Waals surface area contributed by atoms with E-state index in [0.29, 0.717) is 19.4 Å². The molecule has 0 saturated heterocycles. The Morgan fingerprint density at radius 3 is 2.68 bits per heavy atom. The van der Waals surface area contributed by atoms with Gasteiger partial charge in [-0.25, -0.2) is 4.98 Å². The molecule has 28 heavy (non-hydrogen) atoms. The standard InChI is InChI=1S/C23H22N4O/c28-23(25-13-11-22-26-17-20-10-4-5-14-27(20)22)21(19-8-2-1-3-9-19)15-18-7-6-12-24-16-18/h1-10,12,14,16-17,21H,11,13,15H2,(H,25,28). The molecular weight excluding hydrogens is 348 g/mol. The van der Waals surface area contributed by atoms with Crippen LogP contribution in [0.3, 0.4) is 0 Å². The SMILES string of the molecule is O=C(NCCc1ncc2ccccn12)C(Cc1cccnc1)c1ccccc1. The van der Waals surface area contributed by atoms with Crippen LogP contribution in [-0.2, 0) is 17.6 Å². The van der Waals surface area contributed by atoms with Gasteiger partial charge in [-0.15, -0.1) is 0 Å².